The molecule has 2 nitrogen and oxygen atoms in total. The lowest BCUT2D eigenvalue weighted by molar-refractivity contribution is 0.547. The highest BCUT2D eigenvalue weighted by molar-refractivity contribution is 7.81. The lowest BCUT2D eigenvalue weighted by Crippen LogP contribution is -2.37. The van der Waals surface area contributed by atoms with Crippen molar-refractivity contribution in [2.24, 2.45) is 0 Å². The third-order valence-electron chi connectivity index (χ3n) is 2.57. The second kappa shape index (κ2) is 6.53. The largest absolute Gasteiger partial charge is 0.334 e. The third-order valence-corrected chi connectivity index (χ3v) is 9.32. The molecule has 0 aliphatic rings. The molecule has 0 N–H and O–H groups in total. The van der Waals surface area contributed by atoms with Crippen LogP contribution in [0.3, 0.4) is 0 Å². The predicted octanol–water partition coefficient (Wildman–Crippen LogP) is 3.25. The van der Waals surface area contributed by atoms with Crippen LogP contribution >= 0.6 is 0 Å². The fourth-order valence-corrected chi connectivity index (χ4v) is 6.48. The van der Waals surface area contributed by atoms with Gasteiger partial charge in [-0.05, 0) is 25.1 Å². The van der Waals surface area contributed by atoms with Gasteiger partial charge in [0.25, 0.3) is 0 Å². The Morgan fingerprint density at radius 3 is 2.00 bits per heavy atom. The van der Waals surface area contributed by atoms with Gasteiger partial charge in [-0.15, -0.1) is 0 Å². The molecule has 0 unspecified atom stereocenters. The van der Waals surface area contributed by atoms with Gasteiger partial charge in [0.1, 0.15) is 11.1 Å². The summed E-state index contributed by atoms with van der Waals surface area (Å²) in [6, 6.07) is 3.13. The van der Waals surface area contributed by atoms with Crippen molar-refractivity contribution < 1.29 is 8.08 Å². The van der Waals surface area contributed by atoms with Crippen LogP contribution in [0.4, 0.5) is 0 Å². The van der Waals surface area contributed by atoms with Crippen molar-refractivity contribution in [3.8, 4) is 0 Å². The molecule has 1 atom stereocenters. The summed E-state index contributed by atoms with van der Waals surface area (Å²) >= 11 is -1.16. The van der Waals surface area contributed by atoms with Crippen molar-refractivity contribution in [1.82, 2.24) is 0 Å². The van der Waals surface area contributed by atoms with Crippen LogP contribution in [0, 0.1) is 0 Å². The maximum absolute atomic E-state index is 11.6. The average Bonchev–Trinajstić information content (AvgIpc) is 2.13. The zero-order valence-corrected chi connectivity index (χ0v) is 11.6. The van der Waals surface area contributed by atoms with Crippen LogP contribution in [0.2, 0.25) is 18.1 Å². The van der Waals surface area contributed by atoms with E-state index in [-0.39, 0.29) is 0 Å². The van der Waals surface area contributed by atoms with Gasteiger partial charge in [-0.25, -0.2) is 4.21 Å². The topological polar surface area (TPSA) is 26.3 Å². The summed E-state index contributed by atoms with van der Waals surface area (Å²) < 4.78 is 17.4. The molecule has 0 aliphatic heterocycles. The van der Waals surface area contributed by atoms with E-state index in [1.165, 1.54) is 0 Å². The van der Waals surface area contributed by atoms with Crippen molar-refractivity contribution in [2.45, 2.75) is 45.8 Å². The first kappa shape index (κ1) is 14.1. The molecule has 0 aliphatic carbocycles. The minimum Gasteiger partial charge on any atom is -0.334 e. The molecule has 0 spiro atoms. The average molecular weight is 234 g/mol. The van der Waals surface area contributed by atoms with Crippen LogP contribution in [0.5, 0.6) is 0 Å². The minimum absolute atomic E-state index is 0.481. The van der Waals surface area contributed by atoms with Crippen LogP contribution < -0.4 is 0 Å². The first-order chi connectivity index (χ1) is 6.49. The van der Waals surface area contributed by atoms with E-state index < -0.39 is 19.4 Å². The summed E-state index contributed by atoms with van der Waals surface area (Å²) in [4.78, 5) is 0. The highest BCUT2D eigenvalue weighted by Gasteiger charge is 2.31. The third kappa shape index (κ3) is 4.53. The normalized spacial score (nSPS) is 14.0. The smallest absolute Gasteiger partial charge is 0.213 e. The Balaban J connectivity index is 4.29. The van der Waals surface area contributed by atoms with Gasteiger partial charge in [0.2, 0.25) is 8.32 Å². The Bertz CT molecular complexity index is 204. The van der Waals surface area contributed by atoms with Crippen molar-refractivity contribution in [3.63, 3.8) is 0 Å². The summed E-state index contributed by atoms with van der Waals surface area (Å²) in [5, 5.41) is 0. The lowest BCUT2D eigenvalue weighted by Gasteiger charge is -2.26. The van der Waals surface area contributed by atoms with Crippen molar-refractivity contribution in [3.05, 3.63) is 12.2 Å². The zero-order chi connectivity index (χ0) is 11.2. The Kier molecular flexibility index (Phi) is 6.56. The highest BCUT2D eigenvalue weighted by atomic mass is 32.2. The van der Waals surface area contributed by atoms with Gasteiger partial charge >= 0.3 is 0 Å². The molecule has 0 rings (SSSR count). The van der Waals surface area contributed by atoms with E-state index in [4.69, 9.17) is 3.87 Å². The molecule has 0 bridgehead atoms. The molecule has 84 valence electrons. The predicted molar refractivity (Wildman–Crippen MR) is 66.1 cm³/mol. The molecule has 0 amide bonds. The van der Waals surface area contributed by atoms with Gasteiger partial charge in [0.15, 0.2) is 0 Å². The van der Waals surface area contributed by atoms with Crippen LogP contribution in [-0.2, 0) is 15.0 Å². The highest BCUT2D eigenvalue weighted by Crippen LogP contribution is 2.23. The second-order valence-electron chi connectivity index (χ2n) is 3.73. The minimum atomic E-state index is -1.69. The quantitative estimate of drug-likeness (QED) is 0.499. The Morgan fingerprint density at radius 1 is 1.29 bits per heavy atom. The van der Waals surface area contributed by atoms with E-state index in [1.54, 1.807) is 0 Å². The second-order valence-corrected chi connectivity index (χ2v) is 9.78. The SMILES string of the molecule is C=C(C)C[S@@](=O)O[Si](CC)(CC)CC. The molecule has 0 fully saturated rings. The van der Waals surface area contributed by atoms with Gasteiger partial charge in [0.05, 0.1) is 5.75 Å². The maximum Gasteiger partial charge on any atom is 0.213 e. The van der Waals surface area contributed by atoms with E-state index in [1.807, 2.05) is 6.92 Å². The van der Waals surface area contributed by atoms with E-state index in [2.05, 4.69) is 27.4 Å². The Labute approximate surface area is 91.5 Å². The summed E-state index contributed by atoms with van der Waals surface area (Å²) in [7, 11) is -1.69. The van der Waals surface area contributed by atoms with Crippen molar-refractivity contribution >= 4 is 19.4 Å². The van der Waals surface area contributed by atoms with Crippen LogP contribution in [0.25, 0.3) is 0 Å². The zero-order valence-electron chi connectivity index (χ0n) is 9.76. The van der Waals surface area contributed by atoms with Gasteiger partial charge in [-0.3, -0.25) is 0 Å². The molecule has 14 heavy (non-hydrogen) atoms. The summed E-state index contributed by atoms with van der Waals surface area (Å²) in [5.41, 5.74) is 0.926. The molecule has 0 saturated carbocycles. The van der Waals surface area contributed by atoms with Gasteiger partial charge in [-0.1, -0.05) is 32.9 Å². The number of hydrogen-bond acceptors (Lipinski definition) is 2. The number of hydrogen-bond donors (Lipinski definition) is 0. The molecule has 0 aromatic carbocycles. The molecule has 4 heteroatoms. The molecule has 0 aromatic heterocycles. The van der Waals surface area contributed by atoms with Gasteiger partial charge < -0.3 is 3.87 Å². The molecule has 0 aromatic rings. The monoisotopic (exact) mass is 234 g/mol. The summed E-state index contributed by atoms with van der Waals surface area (Å²) in [5.74, 6) is 0.481. The molecular weight excluding hydrogens is 212 g/mol. The molecular formula is C10H22O2SSi. The Morgan fingerprint density at radius 2 is 1.71 bits per heavy atom. The molecule has 0 radical (unpaired) electrons. The summed E-state index contributed by atoms with van der Waals surface area (Å²) in [6.45, 7) is 12.0. The maximum atomic E-state index is 11.6. The van der Waals surface area contributed by atoms with E-state index in [0.29, 0.717) is 5.75 Å². The van der Waals surface area contributed by atoms with Crippen LogP contribution in [-0.4, -0.2) is 18.3 Å². The molecule has 0 saturated heterocycles. The van der Waals surface area contributed by atoms with Gasteiger partial charge in [-0.2, -0.15) is 0 Å². The summed E-state index contributed by atoms with van der Waals surface area (Å²) in [6.07, 6.45) is 0. The standard InChI is InChI=1S/C10H22O2SSi/c1-6-14(7-2,8-3)12-13(11)9-10(4)5/h4,6-9H2,1-3,5H3/t13-/m0/s1. The van der Waals surface area contributed by atoms with Crippen LogP contribution in [0.15, 0.2) is 12.2 Å². The molecule has 0 heterocycles. The Hall–Kier alpha value is 0.0669. The van der Waals surface area contributed by atoms with Gasteiger partial charge in [0, 0.05) is 0 Å². The first-order valence-electron chi connectivity index (χ1n) is 5.22. The fourth-order valence-electron chi connectivity index (χ4n) is 1.35. The van der Waals surface area contributed by atoms with E-state index in [0.717, 1.165) is 23.7 Å². The van der Waals surface area contributed by atoms with Crippen molar-refractivity contribution in [1.29, 1.82) is 0 Å². The van der Waals surface area contributed by atoms with E-state index >= 15 is 0 Å². The first-order valence-corrected chi connectivity index (χ1v) is 8.99. The number of rotatable bonds is 7. The lowest BCUT2D eigenvalue weighted by atomic mass is 10.4. The fraction of sp³-hybridized carbons (Fsp3) is 0.800. The van der Waals surface area contributed by atoms with Crippen LogP contribution in [0.1, 0.15) is 27.7 Å². The van der Waals surface area contributed by atoms with Crippen molar-refractivity contribution in [2.75, 3.05) is 5.75 Å². The van der Waals surface area contributed by atoms with E-state index in [9.17, 15) is 4.21 Å².